The van der Waals surface area contributed by atoms with Gasteiger partial charge in [0.05, 0.1) is 9.99 Å². The Morgan fingerprint density at radius 1 is 1.40 bits per heavy atom. The molecule has 0 aliphatic carbocycles. The van der Waals surface area contributed by atoms with Crippen molar-refractivity contribution < 1.29 is 9.13 Å². The molecule has 0 aliphatic rings. The molecule has 2 aromatic rings. The number of fused-ring (bicyclic) bond motifs is 1. The van der Waals surface area contributed by atoms with Crippen LogP contribution >= 0.6 is 38.5 Å². The van der Waals surface area contributed by atoms with E-state index in [4.69, 9.17) is 4.74 Å². The van der Waals surface area contributed by atoms with Gasteiger partial charge in [0.1, 0.15) is 16.2 Å². The van der Waals surface area contributed by atoms with E-state index in [1.807, 2.05) is 0 Å². The summed E-state index contributed by atoms with van der Waals surface area (Å²) in [4.78, 5) is 0. The minimum atomic E-state index is -1.08. The van der Waals surface area contributed by atoms with Gasteiger partial charge in [-0.2, -0.15) is 5.10 Å². The van der Waals surface area contributed by atoms with E-state index in [0.717, 1.165) is 27.3 Å². The van der Waals surface area contributed by atoms with Gasteiger partial charge in [-0.25, -0.2) is 9.07 Å². The lowest BCUT2D eigenvalue weighted by atomic mass is 10.2. The maximum Gasteiger partial charge on any atom is 0.140 e. The molecule has 0 fully saturated rings. The lowest BCUT2D eigenvalue weighted by Gasteiger charge is -2.15. The molecule has 0 aliphatic heterocycles. The van der Waals surface area contributed by atoms with E-state index in [9.17, 15) is 4.39 Å². The summed E-state index contributed by atoms with van der Waals surface area (Å²) in [6.07, 6.45) is 0. The summed E-state index contributed by atoms with van der Waals surface area (Å²) in [5, 5.41) is 5.35. The summed E-state index contributed by atoms with van der Waals surface area (Å²) >= 11 is 5.36. The molecule has 0 amide bonds. The van der Waals surface area contributed by atoms with Crippen LogP contribution in [-0.4, -0.2) is 24.5 Å². The van der Waals surface area contributed by atoms with Gasteiger partial charge in [-0.05, 0) is 50.6 Å². The summed E-state index contributed by atoms with van der Waals surface area (Å²) < 4.78 is 22.4. The Balaban J connectivity index is 2.13. The van der Waals surface area contributed by atoms with E-state index in [0.29, 0.717) is 11.2 Å². The molecule has 0 unspecified atom stereocenters. The first-order valence-electron chi connectivity index (χ1n) is 6.37. The largest absolute Gasteiger partial charge is 0.360 e. The third kappa shape index (κ3) is 4.02. The van der Waals surface area contributed by atoms with E-state index in [-0.39, 0.29) is 5.82 Å². The minimum absolute atomic E-state index is 0.280. The molecule has 1 heterocycles. The van der Waals surface area contributed by atoms with Crippen LogP contribution in [0, 0.1) is 9.52 Å². The smallest absolute Gasteiger partial charge is 0.140 e. The van der Waals surface area contributed by atoms with Crippen molar-refractivity contribution >= 4 is 57.5 Å². The second-order valence-corrected chi connectivity index (χ2v) is 13.4. The zero-order valence-corrected chi connectivity index (χ0v) is 16.5. The van der Waals surface area contributed by atoms with Crippen molar-refractivity contribution in [3.63, 3.8) is 0 Å². The zero-order chi connectivity index (χ0) is 14.9. The number of aromatic nitrogens is 2. The molecule has 1 aromatic carbocycles. The van der Waals surface area contributed by atoms with Crippen LogP contribution in [0.3, 0.4) is 0 Å². The number of hydrogen-bond acceptors (Lipinski definition) is 2. The van der Waals surface area contributed by atoms with Crippen molar-refractivity contribution in [1.82, 2.24) is 9.78 Å². The third-order valence-electron chi connectivity index (χ3n) is 2.96. The van der Waals surface area contributed by atoms with Gasteiger partial charge in [0, 0.05) is 26.1 Å². The first-order chi connectivity index (χ1) is 9.28. The van der Waals surface area contributed by atoms with Crippen LogP contribution < -0.4 is 0 Å². The summed E-state index contributed by atoms with van der Waals surface area (Å²) in [6, 6.07) is 4.37. The number of benzene rings is 1. The maximum atomic E-state index is 13.7. The van der Waals surface area contributed by atoms with Gasteiger partial charge in [0.15, 0.2) is 0 Å². The van der Waals surface area contributed by atoms with Crippen molar-refractivity contribution in [3.8, 4) is 0 Å². The average Bonchev–Trinajstić information content (AvgIpc) is 2.62. The first kappa shape index (κ1) is 16.4. The molecule has 0 saturated carbocycles. The van der Waals surface area contributed by atoms with Crippen LogP contribution in [0.25, 0.3) is 10.9 Å². The second kappa shape index (κ2) is 6.41. The van der Waals surface area contributed by atoms with Crippen LogP contribution in [0.5, 0.6) is 0 Å². The van der Waals surface area contributed by atoms with Crippen LogP contribution in [0.2, 0.25) is 25.7 Å². The van der Waals surface area contributed by atoms with Gasteiger partial charge in [-0.3, -0.25) is 0 Å². The number of rotatable bonds is 5. The van der Waals surface area contributed by atoms with E-state index < -0.39 is 8.07 Å². The summed E-state index contributed by atoms with van der Waals surface area (Å²) in [5.74, 6) is -0.280. The molecule has 0 bridgehead atoms. The van der Waals surface area contributed by atoms with Crippen LogP contribution in [0.4, 0.5) is 4.39 Å². The number of halogens is 3. The van der Waals surface area contributed by atoms with Gasteiger partial charge in [0.2, 0.25) is 0 Å². The second-order valence-electron chi connectivity index (χ2n) is 5.92. The molecule has 7 heteroatoms. The molecule has 0 radical (unpaired) electrons. The van der Waals surface area contributed by atoms with Crippen molar-refractivity contribution in [2.75, 3.05) is 6.61 Å². The summed E-state index contributed by atoms with van der Waals surface area (Å²) in [7, 11) is -1.08. The van der Waals surface area contributed by atoms with Gasteiger partial charge in [-0.15, -0.1) is 0 Å². The molecule has 110 valence electrons. The predicted molar refractivity (Wildman–Crippen MR) is 94.2 cm³/mol. The Labute approximate surface area is 141 Å². The molecule has 0 atom stereocenters. The Bertz CT molecular complexity index is 627. The van der Waals surface area contributed by atoms with Crippen molar-refractivity contribution in [1.29, 1.82) is 0 Å². The van der Waals surface area contributed by atoms with Gasteiger partial charge < -0.3 is 4.74 Å². The Morgan fingerprint density at radius 2 is 2.10 bits per heavy atom. The van der Waals surface area contributed by atoms with Crippen molar-refractivity contribution in [2.24, 2.45) is 0 Å². The Hall–Kier alpha value is 0.00688. The molecule has 0 N–H and O–H groups in total. The van der Waals surface area contributed by atoms with E-state index in [2.05, 4.69) is 63.3 Å². The highest BCUT2D eigenvalue weighted by Gasteiger charge is 2.14. The summed E-state index contributed by atoms with van der Waals surface area (Å²) in [6.45, 7) is 8.04. The fourth-order valence-electron chi connectivity index (χ4n) is 1.76. The fourth-order valence-corrected chi connectivity index (χ4v) is 3.55. The Kier molecular flexibility index (Phi) is 5.25. The molecule has 0 saturated heterocycles. The first-order valence-corrected chi connectivity index (χ1v) is 11.9. The highest BCUT2D eigenvalue weighted by atomic mass is 127. The zero-order valence-electron chi connectivity index (χ0n) is 11.7. The highest BCUT2D eigenvalue weighted by Crippen LogP contribution is 2.26. The molecule has 20 heavy (non-hydrogen) atoms. The number of hydrogen-bond donors (Lipinski definition) is 0. The Morgan fingerprint density at radius 3 is 2.75 bits per heavy atom. The van der Waals surface area contributed by atoms with Gasteiger partial charge in [-0.1, -0.05) is 19.6 Å². The molecule has 1 aromatic heterocycles. The molecule has 3 nitrogen and oxygen atoms in total. The quantitative estimate of drug-likeness (QED) is 0.354. The topological polar surface area (TPSA) is 27.1 Å². The van der Waals surface area contributed by atoms with Crippen LogP contribution in [0.15, 0.2) is 16.6 Å². The van der Waals surface area contributed by atoms with E-state index >= 15 is 0 Å². The van der Waals surface area contributed by atoms with Crippen molar-refractivity contribution in [3.05, 3.63) is 26.1 Å². The number of ether oxygens (including phenoxy) is 1. The normalized spacial score (nSPS) is 12.3. The lowest BCUT2D eigenvalue weighted by molar-refractivity contribution is 0.0814. The lowest BCUT2D eigenvalue weighted by Crippen LogP contribution is -2.22. The van der Waals surface area contributed by atoms with Crippen LogP contribution in [-0.2, 0) is 11.5 Å². The molecule has 0 spiro atoms. The van der Waals surface area contributed by atoms with E-state index in [1.54, 1.807) is 10.7 Å². The predicted octanol–water partition coefficient (Wildman–Crippen LogP) is 4.85. The highest BCUT2D eigenvalue weighted by molar-refractivity contribution is 14.1. The van der Waals surface area contributed by atoms with Gasteiger partial charge in [0.25, 0.3) is 0 Å². The maximum absolute atomic E-state index is 13.7. The summed E-state index contributed by atoms with van der Waals surface area (Å²) in [5.41, 5.74) is 0.767. The molecular weight excluding hydrogens is 454 g/mol. The monoisotopic (exact) mass is 470 g/mol. The fraction of sp³-hybridized carbons (Fsp3) is 0.462. The average molecular weight is 471 g/mol. The molecule has 2 rings (SSSR count). The van der Waals surface area contributed by atoms with Crippen molar-refractivity contribution in [2.45, 2.75) is 32.4 Å². The minimum Gasteiger partial charge on any atom is -0.360 e. The SMILES string of the molecule is C[Si](C)(C)CCOCn1nc(I)c2cc(Br)c(F)cc21. The molecular formula is C13H17BrFIN2OSi. The van der Waals surface area contributed by atoms with Crippen LogP contribution in [0.1, 0.15) is 0 Å². The van der Waals surface area contributed by atoms with Gasteiger partial charge >= 0.3 is 0 Å². The third-order valence-corrected chi connectivity index (χ3v) is 6.07. The number of nitrogens with zero attached hydrogens (tertiary/aromatic N) is 2. The van der Waals surface area contributed by atoms with E-state index in [1.165, 1.54) is 6.07 Å². The standard InChI is InChI=1S/C13H17BrFIN2OSi/c1-20(2,3)5-4-19-8-18-12-7-11(15)10(14)6-9(12)13(16)17-18/h6-7H,4-5,8H2,1-3H3.